The van der Waals surface area contributed by atoms with Gasteiger partial charge in [0.15, 0.2) is 11.9 Å². The molecule has 1 atom stereocenters. The van der Waals surface area contributed by atoms with Crippen LogP contribution in [0.3, 0.4) is 0 Å². The molecular weight excluding hydrogens is 374 g/mol. The molecule has 0 saturated carbocycles. The zero-order chi connectivity index (χ0) is 20.4. The van der Waals surface area contributed by atoms with Gasteiger partial charge in [-0.1, -0.05) is 37.6 Å². The lowest BCUT2D eigenvalue weighted by atomic mass is 10.1. The summed E-state index contributed by atoms with van der Waals surface area (Å²) in [6.07, 6.45) is 0.808. The number of fused-ring (bicyclic) bond motifs is 1. The third-order valence-corrected chi connectivity index (χ3v) is 4.77. The van der Waals surface area contributed by atoms with Gasteiger partial charge in [-0.15, -0.1) is 5.10 Å². The summed E-state index contributed by atoms with van der Waals surface area (Å²) in [6.45, 7) is 2.29. The summed E-state index contributed by atoms with van der Waals surface area (Å²) in [7, 11) is 0. The van der Waals surface area contributed by atoms with Crippen molar-refractivity contribution in [1.82, 2.24) is 20.6 Å². The molecule has 9 nitrogen and oxygen atoms in total. The van der Waals surface area contributed by atoms with Crippen LogP contribution >= 0.6 is 0 Å². The van der Waals surface area contributed by atoms with Gasteiger partial charge >= 0.3 is 5.97 Å². The van der Waals surface area contributed by atoms with Gasteiger partial charge in [-0.05, 0) is 40.6 Å². The number of carbonyl (C=O) groups excluding carboxylic acids is 1. The minimum atomic E-state index is -1.05. The van der Waals surface area contributed by atoms with Gasteiger partial charge in [0, 0.05) is 5.56 Å². The highest BCUT2D eigenvalue weighted by atomic mass is 16.5. The molecule has 1 unspecified atom stereocenters. The lowest BCUT2D eigenvalue weighted by Crippen LogP contribution is -2.45. The molecule has 0 fully saturated rings. The Morgan fingerprint density at radius 2 is 2.03 bits per heavy atom. The molecule has 0 aliphatic carbocycles. The molecule has 29 heavy (non-hydrogen) atoms. The van der Waals surface area contributed by atoms with Crippen molar-refractivity contribution in [2.45, 2.75) is 32.4 Å². The fourth-order valence-electron chi connectivity index (χ4n) is 3.30. The van der Waals surface area contributed by atoms with Gasteiger partial charge in [0.1, 0.15) is 5.75 Å². The monoisotopic (exact) mass is 393 g/mol. The molecule has 0 spiro atoms. The molecule has 4 rings (SSSR count). The number of carbonyl (C=O) groups is 2. The van der Waals surface area contributed by atoms with Crippen LogP contribution in [0.2, 0.25) is 0 Å². The second kappa shape index (κ2) is 7.70. The average Bonchev–Trinajstić information content (AvgIpc) is 3.26. The maximum atomic E-state index is 13.0. The molecule has 0 radical (unpaired) electrons. The number of nitrogens with zero attached hydrogens (tertiary/aromatic N) is 4. The molecule has 1 amide bonds. The van der Waals surface area contributed by atoms with Crippen LogP contribution in [0.4, 0.5) is 5.69 Å². The van der Waals surface area contributed by atoms with Crippen molar-refractivity contribution < 1.29 is 19.4 Å². The minimum Gasteiger partial charge on any atom is -0.478 e. The number of amides is 1. The molecule has 1 aromatic heterocycles. The molecule has 1 aliphatic heterocycles. The van der Waals surface area contributed by atoms with Crippen LogP contribution in [0.15, 0.2) is 42.5 Å². The van der Waals surface area contributed by atoms with E-state index in [-0.39, 0.29) is 11.5 Å². The Balaban J connectivity index is 1.66. The third kappa shape index (κ3) is 3.66. The number of aromatic nitrogens is 4. The number of carboxylic acid groups (broad SMARTS) is 1. The van der Waals surface area contributed by atoms with Crippen molar-refractivity contribution in [3.05, 3.63) is 53.6 Å². The first kappa shape index (κ1) is 18.6. The number of nitrogens with one attached hydrogen (secondary N) is 1. The molecule has 148 valence electrons. The topological polar surface area (TPSA) is 121 Å². The number of hydrogen-bond acceptors (Lipinski definition) is 6. The Kier molecular flexibility index (Phi) is 4.94. The second-order valence-electron chi connectivity index (χ2n) is 6.75. The molecule has 1 aliphatic rings. The maximum absolute atomic E-state index is 13.0. The van der Waals surface area contributed by atoms with Gasteiger partial charge in [0.2, 0.25) is 0 Å². The number of H-pyrrole nitrogens is 1. The van der Waals surface area contributed by atoms with E-state index in [1.165, 1.54) is 12.1 Å². The lowest BCUT2D eigenvalue weighted by molar-refractivity contribution is -0.126. The van der Waals surface area contributed by atoms with E-state index >= 15 is 0 Å². The lowest BCUT2D eigenvalue weighted by Gasteiger charge is -2.34. The predicted octanol–water partition coefficient (Wildman–Crippen LogP) is 2.66. The van der Waals surface area contributed by atoms with E-state index in [0.29, 0.717) is 30.2 Å². The number of benzene rings is 2. The fourth-order valence-corrected chi connectivity index (χ4v) is 3.30. The smallest absolute Gasteiger partial charge is 0.335 e. The van der Waals surface area contributed by atoms with E-state index < -0.39 is 12.1 Å². The third-order valence-electron chi connectivity index (χ3n) is 4.77. The first-order valence-electron chi connectivity index (χ1n) is 9.25. The van der Waals surface area contributed by atoms with Gasteiger partial charge in [0.25, 0.3) is 5.91 Å². The molecule has 9 heteroatoms. The summed E-state index contributed by atoms with van der Waals surface area (Å²) in [4.78, 5) is 26.0. The first-order valence-corrected chi connectivity index (χ1v) is 9.25. The van der Waals surface area contributed by atoms with Crippen molar-refractivity contribution in [3.63, 3.8) is 0 Å². The van der Waals surface area contributed by atoms with Gasteiger partial charge in [-0.25, -0.2) is 9.89 Å². The largest absolute Gasteiger partial charge is 0.478 e. The summed E-state index contributed by atoms with van der Waals surface area (Å²) < 4.78 is 5.84. The van der Waals surface area contributed by atoms with E-state index in [1.54, 1.807) is 11.0 Å². The maximum Gasteiger partial charge on any atom is 0.335 e. The molecule has 0 saturated heterocycles. The highest BCUT2D eigenvalue weighted by molar-refractivity contribution is 6.01. The van der Waals surface area contributed by atoms with Crippen molar-refractivity contribution in [3.8, 4) is 17.1 Å². The van der Waals surface area contributed by atoms with Crippen molar-refractivity contribution in [2.24, 2.45) is 0 Å². The number of hydrogen-bond donors (Lipinski definition) is 2. The van der Waals surface area contributed by atoms with Crippen LogP contribution in [-0.4, -0.2) is 43.7 Å². The Morgan fingerprint density at radius 1 is 1.24 bits per heavy atom. The predicted molar refractivity (Wildman–Crippen MR) is 104 cm³/mol. The molecule has 2 N–H and O–H groups in total. The number of rotatable bonds is 6. The quantitative estimate of drug-likeness (QED) is 0.660. The molecule has 2 aromatic carbocycles. The van der Waals surface area contributed by atoms with Crippen LogP contribution in [0.25, 0.3) is 11.4 Å². The van der Waals surface area contributed by atoms with Crippen LogP contribution in [0, 0.1) is 0 Å². The number of tetrazole rings is 1. The van der Waals surface area contributed by atoms with Gasteiger partial charge < -0.3 is 14.7 Å². The Hall–Kier alpha value is -3.75. The summed E-state index contributed by atoms with van der Waals surface area (Å²) in [5, 5.41) is 23.0. The van der Waals surface area contributed by atoms with Crippen LogP contribution in [0.1, 0.15) is 35.7 Å². The number of aromatic carboxylic acids is 1. The summed E-state index contributed by atoms with van der Waals surface area (Å²) in [5.74, 6) is -0.165. The fraction of sp³-hybridized carbons (Fsp3) is 0.250. The zero-order valence-electron chi connectivity index (χ0n) is 15.7. The van der Waals surface area contributed by atoms with E-state index in [9.17, 15) is 14.7 Å². The van der Waals surface area contributed by atoms with Gasteiger partial charge in [-0.2, -0.15) is 0 Å². The number of carboxylic acids is 1. The molecule has 0 bridgehead atoms. The van der Waals surface area contributed by atoms with E-state index in [4.69, 9.17) is 4.74 Å². The number of anilines is 1. The SMILES string of the molecule is CCCC1Oc2ccc(C(=O)O)cc2N(Cc2ccc(-c3nnn[nH]3)cc2)C1=O. The standard InChI is InChI=1S/C20H19N5O4/c1-2-3-17-19(26)25(15-10-14(20(27)28)8-9-16(15)29-17)11-12-4-6-13(7-5-12)18-21-23-24-22-18/h4-10,17H,2-3,11H2,1H3,(H,27,28)(H,21,22,23,24). The minimum absolute atomic E-state index is 0.104. The van der Waals surface area contributed by atoms with Crippen LogP contribution < -0.4 is 9.64 Å². The normalized spacial score (nSPS) is 15.7. The average molecular weight is 393 g/mol. The first-order chi connectivity index (χ1) is 14.1. The summed E-state index contributed by atoms with van der Waals surface area (Å²) >= 11 is 0. The van der Waals surface area contributed by atoms with Crippen LogP contribution in [-0.2, 0) is 11.3 Å². The second-order valence-corrected chi connectivity index (χ2v) is 6.75. The number of ether oxygens (including phenoxy) is 1. The molecule has 3 aromatic rings. The highest BCUT2D eigenvalue weighted by Crippen LogP contribution is 2.37. The summed E-state index contributed by atoms with van der Waals surface area (Å²) in [6, 6.07) is 12.1. The number of aromatic amines is 1. The van der Waals surface area contributed by atoms with Crippen molar-refractivity contribution in [2.75, 3.05) is 4.90 Å². The Labute approximate surface area is 166 Å². The van der Waals surface area contributed by atoms with E-state index in [1.807, 2.05) is 31.2 Å². The van der Waals surface area contributed by atoms with Crippen molar-refractivity contribution >= 4 is 17.6 Å². The van der Waals surface area contributed by atoms with E-state index in [2.05, 4.69) is 20.6 Å². The summed E-state index contributed by atoms with van der Waals surface area (Å²) in [5.41, 5.74) is 2.28. The van der Waals surface area contributed by atoms with Crippen LogP contribution in [0.5, 0.6) is 5.75 Å². The zero-order valence-corrected chi connectivity index (χ0v) is 15.7. The molecular formula is C20H19N5O4. The Morgan fingerprint density at radius 3 is 2.69 bits per heavy atom. The van der Waals surface area contributed by atoms with Gasteiger partial charge in [0.05, 0.1) is 17.8 Å². The highest BCUT2D eigenvalue weighted by Gasteiger charge is 2.34. The van der Waals surface area contributed by atoms with Crippen molar-refractivity contribution in [1.29, 1.82) is 0 Å². The Bertz CT molecular complexity index is 1030. The molecule has 2 heterocycles. The van der Waals surface area contributed by atoms with E-state index in [0.717, 1.165) is 17.5 Å². The van der Waals surface area contributed by atoms with Gasteiger partial charge in [-0.3, -0.25) is 4.79 Å².